The van der Waals surface area contributed by atoms with Crippen LogP contribution < -0.4 is 19.1 Å². The largest absolute Gasteiger partial charge is 0.493 e. The molecule has 0 aromatic heterocycles. The first-order chi connectivity index (χ1) is 15.7. The average molecular weight is 473 g/mol. The molecule has 9 heteroatoms. The third kappa shape index (κ3) is 5.09. The summed E-state index contributed by atoms with van der Waals surface area (Å²) in [7, 11) is -1.54. The van der Waals surface area contributed by atoms with Crippen LogP contribution in [0, 0.1) is 19.7 Å². The van der Waals surface area contributed by atoms with Gasteiger partial charge in [0.15, 0.2) is 11.5 Å². The van der Waals surface area contributed by atoms with Crippen LogP contribution in [0.1, 0.15) is 11.1 Å². The normalized spacial score (nSPS) is 11.1. The van der Waals surface area contributed by atoms with E-state index in [-0.39, 0.29) is 16.3 Å². The van der Waals surface area contributed by atoms with Crippen LogP contribution in [-0.4, -0.2) is 35.1 Å². The lowest BCUT2D eigenvalue weighted by atomic mass is 10.1. The topological polar surface area (TPSA) is 84.9 Å². The van der Waals surface area contributed by atoms with E-state index < -0.39 is 28.3 Å². The second-order valence-electron chi connectivity index (χ2n) is 7.29. The van der Waals surface area contributed by atoms with Crippen LogP contribution in [0.25, 0.3) is 0 Å². The molecule has 0 aliphatic heterocycles. The Kier molecular flexibility index (Phi) is 7.23. The molecular formula is C24H25FN2O5S. The molecule has 3 aromatic carbocycles. The van der Waals surface area contributed by atoms with Crippen LogP contribution in [0.5, 0.6) is 11.5 Å². The number of ether oxygens (including phenoxy) is 2. The van der Waals surface area contributed by atoms with Crippen molar-refractivity contribution >= 4 is 27.3 Å². The molecule has 0 saturated heterocycles. The molecule has 1 amide bonds. The van der Waals surface area contributed by atoms with E-state index in [0.29, 0.717) is 11.4 Å². The molecule has 1 N–H and O–H groups in total. The van der Waals surface area contributed by atoms with Crippen molar-refractivity contribution in [2.45, 2.75) is 18.7 Å². The molecule has 0 aliphatic carbocycles. The number of rotatable bonds is 8. The van der Waals surface area contributed by atoms with E-state index in [1.54, 1.807) is 0 Å². The molecule has 174 valence electrons. The van der Waals surface area contributed by atoms with Gasteiger partial charge in [-0.2, -0.15) is 0 Å². The third-order valence-electron chi connectivity index (χ3n) is 5.10. The predicted octanol–water partition coefficient (Wildman–Crippen LogP) is 4.29. The second-order valence-corrected chi connectivity index (χ2v) is 9.16. The van der Waals surface area contributed by atoms with Crippen molar-refractivity contribution in [3.05, 3.63) is 77.6 Å². The maximum Gasteiger partial charge on any atom is 0.265 e. The number of benzene rings is 3. The van der Waals surface area contributed by atoms with Crippen LogP contribution >= 0.6 is 0 Å². The van der Waals surface area contributed by atoms with Gasteiger partial charge in [-0.25, -0.2) is 12.8 Å². The maximum atomic E-state index is 14.7. The van der Waals surface area contributed by atoms with Crippen molar-refractivity contribution in [3.8, 4) is 11.5 Å². The van der Waals surface area contributed by atoms with E-state index in [4.69, 9.17) is 9.47 Å². The highest BCUT2D eigenvalue weighted by Gasteiger charge is 2.30. The van der Waals surface area contributed by atoms with Crippen LogP contribution in [-0.2, 0) is 14.8 Å². The lowest BCUT2D eigenvalue weighted by Gasteiger charge is -2.25. The molecule has 0 fully saturated rings. The number of amides is 1. The molecule has 0 atom stereocenters. The molecular weight excluding hydrogens is 447 g/mol. The van der Waals surface area contributed by atoms with Crippen molar-refractivity contribution in [2.24, 2.45) is 0 Å². The van der Waals surface area contributed by atoms with Gasteiger partial charge in [-0.3, -0.25) is 9.10 Å². The van der Waals surface area contributed by atoms with Crippen LogP contribution in [0.4, 0.5) is 15.8 Å². The third-order valence-corrected chi connectivity index (χ3v) is 6.85. The molecule has 0 spiro atoms. The molecule has 0 radical (unpaired) electrons. The fourth-order valence-electron chi connectivity index (χ4n) is 3.38. The number of nitrogens with zero attached hydrogens (tertiary/aromatic N) is 1. The maximum absolute atomic E-state index is 14.7. The lowest BCUT2D eigenvalue weighted by Crippen LogP contribution is -2.38. The van der Waals surface area contributed by atoms with E-state index in [1.807, 2.05) is 32.0 Å². The van der Waals surface area contributed by atoms with Gasteiger partial charge in [-0.05, 0) is 49.2 Å². The summed E-state index contributed by atoms with van der Waals surface area (Å²) in [6.07, 6.45) is 0. The van der Waals surface area contributed by atoms with Crippen molar-refractivity contribution < 1.29 is 27.1 Å². The number of para-hydroxylation sites is 2. The zero-order valence-electron chi connectivity index (χ0n) is 18.8. The van der Waals surface area contributed by atoms with Gasteiger partial charge in [-0.15, -0.1) is 0 Å². The zero-order valence-corrected chi connectivity index (χ0v) is 19.6. The predicted molar refractivity (Wildman–Crippen MR) is 125 cm³/mol. The van der Waals surface area contributed by atoms with Crippen LogP contribution in [0.15, 0.2) is 65.6 Å². The Balaban J connectivity index is 2.04. The number of methoxy groups -OCH3 is 2. The first-order valence-electron chi connectivity index (χ1n) is 10.0. The number of sulfonamides is 1. The number of nitrogens with one attached hydrogen (secondary N) is 1. The van der Waals surface area contributed by atoms with Crippen molar-refractivity contribution in [3.63, 3.8) is 0 Å². The summed E-state index contributed by atoms with van der Waals surface area (Å²) in [5.74, 6) is -0.866. The zero-order chi connectivity index (χ0) is 24.2. The molecule has 3 aromatic rings. The van der Waals surface area contributed by atoms with E-state index in [9.17, 15) is 17.6 Å². The van der Waals surface area contributed by atoms with Gasteiger partial charge in [0.05, 0.1) is 24.8 Å². The summed E-state index contributed by atoms with van der Waals surface area (Å²) in [5, 5.41) is 2.75. The number of halogens is 1. The summed E-state index contributed by atoms with van der Waals surface area (Å²) in [5.41, 5.74) is 1.98. The van der Waals surface area contributed by atoms with E-state index >= 15 is 0 Å². The van der Waals surface area contributed by atoms with Gasteiger partial charge in [0, 0.05) is 11.8 Å². The number of anilines is 2. The molecule has 33 heavy (non-hydrogen) atoms. The quantitative estimate of drug-likeness (QED) is 0.529. The molecule has 0 unspecified atom stereocenters. The van der Waals surface area contributed by atoms with Gasteiger partial charge < -0.3 is 14.8 Å². The van der Waals surface area contributed by atoms with Gasteiger partial charge in [-0.1, -0.05) is 30.3 Å². The first kappa shape index (κ1) is 24.1. The highest BCUT2D eigenvalue weighted by Crippen LogP contribution is 2.33. The van der Waals surface area contributed by atoms with E-state index in [0.717, 1.165) is 21.5 Å². The molecule has 0 bridgehead atoms. The highest BCUT2D eigenvalue weighted by molar-refractivity contribution is 7.92. The van der Waals surface area contributed by atoms with Gasteiger partial charge >= 0.3 is 0 Å². The second kappa shape index (κ2) is 9.91. The van der Waals surface area contributed by atoms with Gasteiger partial charge in [0.1, 0.15) is 12.4 Å². The Bertz CT molecular complexity index is 1260. The first-order valence-corrected chi connectivity index (χ1v) is 11.5. The number of aryl methyl sites for hydroxylation is 2. The smallest absolute Gasteiger partial charge is 0.265 e. The van der Waals surface area contributed by atoms with Gasteiger partial charge in [0.25, 0.3) is 10.0 Å². The SMILES string of the molecule is COc1ccc(S(=O)(=O)N(CC(=O)Nc2c(C)cccc2C)c2ccccc2F)cc1OC. The molecule has 0 aliphatic rings. The summed E-state index contributed by atoms with van der Waals surface area (Å²) >= 11 is 0. The minimum absolute atomic E-state index is 0.178. The van der Waals surface area contributed by atoms with Gasteiger partial charge in [0.2, 0.25) is 5.91 Å². The Morgan fingerprint density at radius 3 is 2.18 bits per heavy atom. The minimum atomic E-state index is -4.34. The van der Waals surface area contributed by atoms with Crippen LogP contribution in [0.3, 0.4) is 0 Å². The highest BCUT2D eigenvalue weighted by atomic mass is 32.2. The lowest BCUT2D eigenvalue weighted by molar-refractivity contribution is -0.114. The number of hydrogen-bond acceptors (Lipinski definition) is 5. The molecule has 7 nitrogen and oxygen atoms in total. The van der Waals surface area contributed by atoms with Crippen LogP contribution in [0.2, 0.25) is 0 Å². The summed E-state index contributed by atoms with van der Waals surface area (Å²) in [6, 6.07) is 14.9. The Morgan fingerprint density at radius 1 is 0.939 bits per heavy atom. The monoisotopic (exact) mass is 472 g/mol. The fourth-order valence-corrected chi connectivity index (χ4v) is 4.82. The molecule has 0 saturated carbocycles. The minimum Gasteiger partial charge on any atom is -0.493 e. The average Bonchev–Trinajstić information content (AvgIpc) is 2.80. The Labute approximate surface area is 192 Å². The van der Waals surface area contributed by atoms with Crippen molar-refractivity contribution in [1.82, 2.24) is 0 Å². The molecule has 3 rings (SSSR count). The summed E-state index contributed by atoms with van der Waals surface area (Å²) in [6.45, 7) is 3.03. The van der Waals surface area contributed by atoms with E-state index in [2.05, 4.69) is 5.32 Å². The number of carbonyl (C=O) groups excluding carboxylic acids is 1. The fraction of sp³-hybridized carbons (Fsp3) is 0.208. The Morgan fingerprint density at radius 2 is 1.58 bits per heavy atom. The number of hydrogen-bond donors (Lipinski definition) is 1. The summed E-state index contributed by atoms with van der Waals surface area (Å²) in [4.78, 5) is 12.8. The summed E-state index contributed by atoms with van der Waals surface area (Å²) < 4.78 is 52.9. The number of carbonyl (C=O) groups is 1. The van der Waals surface area contributed by atoms with E-state index in [1.165, 1.54) is 50.6 Å². The van der Waals surface area contributed by atoms with Crippen molar-refractivity contribution in [1.29, 1.82) is 0 Å². The Hall–Kier alpha value is -3.59. The van der Waals surface area contributed by atoms with Crippen molar-refractivity contribution in [2.75, 3.05) is 30.4 Å². The molecule has 0 heterocycles. The standard InChI is InChI=1S/C24H25FN2O5S/c1-16-8-7-9-17(2)24(16)26-23(28)15-27(20-11-6-5-10-19(20)25)33(29,30)18-12-13-21(31-3)22(14-18)32-4/h5-14H,15H2,1-4H3,(H,26,28).